The number of hydrogen-bond acceptors (Lipinski definition) is 3. The molecule has 0 radical (unpaired) electrons. The van der Waals surface area contributed by atoms with Crippen molar-refractivity contribution in [2.75, 3.05) is 11.4 Å². The van der Waals surface area contributed by atoms with Gasteiger partial charge in [-0.1, -0.05) is 6.07 Å². The first-order valence-electron chi connectivity index (χ1n) is 4.76. The number of rotatable bonds is 2. The van der Waals surface area contributed by atoms with E-state index in [2.05, 4.69) is 4.98 Å². The SMILES string of the molecule is NC(=O)[C@@H]1CCCN1c1ccccn1. The van der Waals surface area contributed by atoms with E-state index in [1.165, 1.54) is 0 Å². The summed E-state index contributed by atoms with van der Waals surface area (Å²) in [5.74, 6) is 0.585. The number of anilines is 1. The van der Waals surface area contributed by atoms with Crippen LogP contribution in [-0.2, 0) is 4.79 Å². The lowest BCUT2D eigenvalue weighted by molar-refractivity contribution is -0.119. The minimum atomic E-state index is -0.256. The normalized spacial score (nSPS) is 21.1. The number of hydrogen-bond donors (Lipinski definition) is 1. The van der Waals surface area contributed by atoms with Crippen LogP contribution in [0.4, 0.5) is 5.82 Å². The minimum Gasteiger partial charge on any atom is -0.368 e. The second-order valence-corrected chi connectivity index (χ2v) is 3.44. The van der Waals surface area contributed by atoms with Gasteiger partial charge in [0.1, 0.15) is 11.9 Å². The number of aromatic nitrogens is 1. The predicted molar refractivity (Wildman–Crippen MR) is 53.8 cm³/mol. The van der Waals surface area contributed by atoms with Gasteiger partial charge in [0.15, 0.2) is 0 Å². The van der Waals surface area contributed by atoms with E-state index >= 15 is 0 Å². The lowest BCUT2D eigenvalue weighted by Gasteiger charge is -2.22. The standard InChI is InChI=1S/C10H13N3O/c11-10(14)8-4-3-7-13(8)9-5-1-2-6-12-9/h1-2,5-6,8H,3-4,7H2,(H2,11,14)/t8-/m0/s1. The summed E-state index contributed by atoms with van der Waals surface area (Å²) in [5.41, 5.74) is 5.32. The van der Waals surface area contributed by atoms with E-state index in [1.807, 2.05) is 23.1 Å². The van der Waals surface area contributed by atoms with Gasteiger partial charge < -0.3 is 10.6 Å². The van der Waals surface area contributed by atoms with E-state index in [0.29, 0.717) is 0 Å². The first-order chi connectivity index (χ1) is 6.79. The fraction of sp³-hybridized carbons (Fsp3) is 0.400. The first-order valence-corrected chi connectivity index (χ1v) is 4.76. The van der Waals surface area contributed by atoms with Crippen LogP contribution in [0.3, 0.4) is 0 Å². The Morgan fingerprint density at radius 1 is 1.57 bits per heavy atom. The zero-order valence-corrected chi connectivity index (χ0v) is 7.89. The molecule has 1 aromatic heterocycles. The Morgan fingerprint density at radius 3 is 3.07 bits per heavy atom. The molecule has 14 heavy (non-hydrogen) atoms. The number of pyridine rings is 1. The molecule has 0 spiro atoms. The van der Waals surface area contributed by atoms with Gasteiger partial charge in [-0.25, -0.2) is 4.98 Å². The highest BCUT2D eigenvalue weighted by atomic mass is 16.1. The summed E-state index contributed by atoms with van der Waals surface area (Å²) in [5, 5.41) is 0. The van der Waals surface area contributed by atoms with Crippen LogP contribution in [0.5, 0.6) is 0 Å². The molecule has 0 aliphatic carbocycles. The third-order valence-corrected chi connectivity index (χ3v) is 2.52. The molecule has 1 saturated heterocycles. The molecule has 1 aliphatic heterocycles. The third kappa shape index (κ3) is 1.55. The van der Waals surface area contributed by atoms with Gasteiger partial charge in [0.2, 0.25) is 5.91 Å². The van der Waals surface area contributed by atoms with Crippen molar-refractivity contribution in [3.05, 3.63) is 24.4 Å². The third-order valence-electron chi connectivity index (χ3n) is 2.52. The van der Waals surface area contributed by atoms with Crippen molar-refractivity contribution in [2.24, 2.45) is 5.73 Å². The molecule has 2 N–H and O–H groups in total. The fourth-order valence-electron chi connectivity index (χ4n) is 1.86. The summed E-state index contributed by atoms with van der Waals surface area (Å²) < 4.78 is 0. The Morgan fingerprint density at radius 2 is 2.43 bits per heavy atom. The molecular weight excluding hydrogens is 178 g/mol. The number of nitrogens with zero attached hydrogens (tertiary/aromatic N) is 2. The average molecular weight is 191 g/mol. The Bertz CT molecular complexity index is 325. The second kappa shape index (κ2) is 3.65. The lowest BCUT2D eigenvalue weighted by Crippen LogP contribution is -2.40. The smallest absolute Gasteiger partial charge is 0.240 e. The molecular formula is C10H13N3O. The zero-order chi connectivity index (χ0) is 9.97. The van der Waals surface area contributed by atoms with Crippen molar-refractivity contribution in [1.29, 1.82) is 0 Å². The fourth-order valence-corrected chi connectivity index (χ4v) is 1.86. The van der Waals surface area contributed by atoms with Gasteiger partial charge in [-0.3, -0.25) is 4.79 Å². The van der Waals surface area contributed by atoms with Crippen LogP contribution >= 0.6 is 0 Å². The topological polar surface area (TPSA) is 59.2 Å². The number of primary amides is 1. The van der Waals surface area contributed by atoms with Crippen LogP contribution < -0.4 is 10.6 Å². The number of carbonyl (C=O) groups is 1. The highest BCUT2D eigenvalue weighted by molar-refractivity contribution is 5.83. The summed E-state index contributed by atoms with van der Waals surface area (Å²) in [4.78, 5) is 17.3. The van der Waals surface area contributed by atoms with Crippen LogP contribution in [0, 0.1) is 0 Å². The maximum Gasteiger partial charge on any atom is 0.240 e. The molecule has 2 rings (SSSR count). The summed E-state index contributed by atoms with van der Waals surface area (Å²) in [6.07, 6.45) is 3.57. The molecule has 1 fully saturated rings. The first kappa shape index (κ1) is 8.99. The van der Waals surface area contributed by atoms with Crippen molar-refractivity contribution in [2.45, 2.75) is 18.9 Å². The van der Waals surface area contributed by atoms with Crippen LogP contribution in [-0.4, -0.2) is 23.5 Å². The molecule has 1 amide bonds. The molecule has 0 unspecified atom stereocenters. The van der Waals surface area contributed by atoms with E-state index in [9.17, 15) is 4.79 Å². The van der Waals surface area contributed by atoms with Gasteiger partial charge in [0, 0.05) is 12.7 Å². The molecule has 2 heterocycles. The molecule has 4 heteroatoms. The van der Waals surface area contributed by atoms with Crippen LogP contribution in [0.1, 0.15) is 12.8 Å². The highest BCUT2D eigenvalue weighted by Crippen LogP contribution is 2.22. The van der Waals surface area contributed by atoms with Crippen molar-refractivity contribution < 1.29 is 4.79 Å². The van der Waals surface area contributed by atoms with Crippen LogP contribution in [0.2, 0.25) is 0 Å². The Kier molecular flexibility index (Phi) is 2.35. The number of nitrogens with two attached hydrogens (primary N) is 1. The minimum absolute atomic E-state index is 0.176. The Labute approximate surface area is 82.7 Å². The van der Waals surface area contributed by atoms with Crippen molar-refractivity contribution in [1.82, 2.24) is 4.98 Å². The monoisotopic (exact) mass is 191 g/mol. The number of amides is 1. The molecule has 4 nitrogen and oxygen atoms in total. The van der Waals surface area contributed by atoms with Gasteiger partial charge in [-0.2, -0.15) is 0 Å². The summed E-state index contributed by atoms with van der Waals surface area (Å²) in [7, 11) is 0. The van der Waals surface area contributed by atoms with E-state index in [4.69, 9.17) is 5.73 Å². The molecule has 0 bridgehead atoms. The van der Waals surface area contributed by atoms with Crippen molar-refractivity contribution in [3.8, 4) is 0 Å². The largest absolute Gasteiger partial charge is 0.368 e. The molecule has 74 valence electrons. The quantitative estimate of drug-likeness (QED) is 0.742. The summed E-state index contributed by atoms with van der Waals surface area (Å²) in [6.45, 7) is 0.866. The average Bonchev–Trinajstić information content (AvgIpc) is 2.67. The highest BCUT2D eigenvalue weighted by Gasteiger charge is 2.29. The van der Waals surface area contributed by atoms with Gasteiger partial charge in [-0.05, 0) is 25.0 Å². The Hall–Kier alpha value is -1.58. The summed E-state index contributed by atoms with van der Waals surface area (Å²) in [6, 6.07) is 5.50. The van der Waals surface area contributed by atoms with E-state index in [1.54, 1.807) is 6.20 Å². The predicted octanol–water partition coefficient (Wildman–Crippen LogP) is 0.536. The maximum absolute atomic E-state index is 11.1. The number of carbonyl (C=O) groups excluding carboxylic acids is 1. The van der Waals surface area contributed by atoms with Crippen molar-refractivity contribution in [3.63, 3.8) is 0 Å². The maximum atomic E-state index is 11.1. The van der Waals surface area contributed by atoms with Crippen LogP contribution in [0.25, 0.3) is 0 Å². The van der Waals surface area contributed by atoms with Gasteiger partial charge >= 0.3 is 0 Å². The van der Waals surface area contributed by atoms with E-state index < -0.39 is 0 Å². The molecule has 1 aliphatic rings. The zero-order valence-electron chi connectivity index (χ0n) is 7.89. The summed E-state index contributed by atoms with van der Waals surface area (Å²) >= 11 is 0. The van der Waals surface area contributed by atoms with Gasteiger partial charge in [0.25, 0.3) is 0 Å². The molecule has 1 atom stereocenters. The Balaban J connectivity index is 2.22. The van der Waals surface area contributed by atoms with Crippen molar-refractivity contribution >= 4 is 11.7 Å². The van der Waals surface area contributed by atoms with Gasteiger partial charge in [-0.15, -0.1) is 0 Å². The molecule has 0 aromatic carbocycles. The van der Waals surface area contributed by atoms with Crippen LogP contribution in [0.15, 0.2) is 24.4 Å². The van der Waals surface area contributed by atoms with E-state index in [0.717, 1.165) is 25.2 Å². The van der Waals surface area contributed by atoms with Gasteiger partial charge in [0.05, 0.1) is 0 Å². The van der Waals surface area contributed by atoms with E-state index in [-0.39, 0.29) is 11.9 Å². The molecule has 0 saturated carbocycles. The lowest BCUT2D eigenvalue weighted by atomic mass is 10.2. The second-order valence-electron chi connectivity index (χ2n) is 3.44. The molecule has 1 aromatic rings.